The summed E-state index contributed by atoms with van der Waals surface area (Å²) in [5, 5.41) is 35.6. The number of rotatable bonds is 15. The summed E-state index contributed by atoms with van der Waals surface area (Å²) in [6.45, 7) is -0.736. The first kappa shape index (κ1) is 45.2. The third kappa shape index (κ3) is 10.2. The number of amides is 2. The zero-order chi connectivity index (χ0) is 44.4. The Labute approximate surface area is 365 Å². The molecule has 2 aliphatic carbocycles. The van der Waals surface area contributed by atoms with E-state index in [9.17, 15) is 43.4 Å². The average Bonchev–Trinajstić information content (AvgIpc) is 3.68. The summed E-state index contributed by atoms with van der Waals surface area (Å²) in [6.07, 6.45) is 6.77. The first-order valence-corrected chi connectivity index (χ1v) is 22.6. The number of nitrogens with zero attached hydrogens (tertiary/aromatic N) is 4. The van der Waals surface area contributed by atoms with Gasteiger partial charge in [0.1, 0.15) is 23.2 Å². The summed E-state index contributed by atoms with van der Waals surface area (Å²) < 4.78 is 39.4. The van der Waals surface area contributed by atoms with E-state index in [1.165, 1.54) is 49.8 Å². The van der Waals surface area contributed by atoms with Crippen LogP contribution in [0.4, 0.5) is 10.7 Å². The highest BCUT2D eigenvalue weighted by Crippen LogP contribution is 2.39. The molecule has 0 bridgehead atoms. The normalized spacial score (nSPS) is 16.1. The lowest BCUT2D eigenvalue weighted by molar-refractivity contribution is -0.146. The molecule has 2 aliphatic rings. The number of carbonyl (C=O) groups excluding carboxylic acids is 4. The van der Waals surface area contributed by atoms with Crippen molar-refractivity contribution in [2.75, 3.05) is 31.4 Å². The predicted octanol–water partition coefficient (Wildman–Crippen LogP) is 7.37. The molecule has 0 spiro atoms. The van der Waals surface area contributed by atoms with E-state index in [1.807, 2.05) is 36.4 Å². The molecule has 0 unspecified atom stereocenters. The third-order valence-corrected chi connectivity index (χ3v) is 14.6. The molecule has 1 saturated carbocycles. The number of anilines is 2. The summed E-state index contributed by atoms with van der Waals surface area (Å²) in [5.74, 6) is -2.26. The molecule has 0 radical (unpaired) electrons. The molecular formula is C46H46N6O8S2. The molecule has 16 heteroatoms. The van der Waals surface area contributed by atoms with Crippen LogP contribution in [0, 0.1) is 45.3 Å². The van der Waals surface area contributed by atoms with Gasteiger partial charge in [0, 0.05) is 22.2 Å². The number of ether oxygens (including phenoxy) is 2. The van der Waals surface area contributed by atoms with Crippen molar-refractivity contribution in [3.8, 4) is 18.2 Å². The van der Waals surface area contributed by atoms with Gasteiger partial charge in [0.25, 0.3) is 11.8 Å². The zero-order valence-corrected chi connectivity index (χ0v) is 36.1. The van der Waals surface area contributed by atoms with E-state index in [4.69, 9.17) is 9.47 Å². The largest absolute Gasteiger partial charge is 0.469 e. The number of benzene rings is 3. The van der Waals surface area contributed by atoms with Crippen LogP contribution >= 0.6 is 11.3 Å². The monoisotopic (exact) mass is 874 g/mol. The maximum atomic E-state index is 14.4. The molecule has 4 aromatic rings. The number of sulfonamides is 1. The number of methoxy groups -OCH3 is 2. The number of thiophene rings is 1. The van der Waals surface area contributed by atoms with Crippen molar-refractivity contribution in [3.05, 3.63) is 111 Å². The van der Waals surface area contributed by atoms with Gasteiger partial charge in [0.2, 0.25) is 15.4 Å². The van der Waals surface area contributed by atoms with E-state index in [0.717, 1.165) is 64.4 Å². The summed E-state index contributed by atoms with van der Waals surface area (Å²) in [7, 11) is -1.88. The highest BCUT2D eigenvalue weighted by molar-refractivity contribution is 7.89. The fourth-order valence-corrected chi connectivity index (χ4v) is 11.0. The first-order chi connectivity index (χ1) is 29.8. The van der Waals surface area contributed by atoms with Gasteiger partial charge in [-0.05, 0) is 130 Å². The molecule has 1 fully saturated rings. The number of aryl methyl sites for hydroxylation is 3. The van der Waals surface area contributed by atoms with Crippen LogP contribution in [0.1, 0.15) is 97.6 Å². The number of hydrogen-bond donors (Lipinski definition) is 2. The Bertz CT molecular complexity index is 2520. The van der Waals surface area contributed by atoms with Crippen LogP contribution in [0.5, 0.6) is 0 Å². The average molecular weight is 875 g/mol. The molecule has 6 rings (SSSR count). The van der Waals surface area contributed by atoms with Crippen LogP contribution in [0.3, 0.4) is 0 Å². The Morgan fingerprint density at radius 1 is 0.790 bits per heavy atom. The molecule has 14 nitrogen and oxygen atoms in total. The maximum Gasteiger partial charge on any atom is 0.337 e. The smallest absolute Gasteiger partial charge is 0.337 e. The number of esters is 2. The molecular weight excluding hydrogens is 829 g/mol. The molecule has 320 valence electrons. The third-order valence-electron chi connectivity index (χ3n) is 11.5. The van der Waals surface area contributed by atoms with Crippen LogP contribution < -0.4 is 10.6 Å². The SMILES string of the molecule is COC(=O)c1ccc(CCCc2ccc(NC(=O)c3c(NC(=O)c4cccc(S(=O)(=O)N(CC(C#N)(C#N)C#N)C5CCC(C(=O)OC)CC5)c4)sc4c3CCCC4)cc2)cc1. The van der Waals surface area contributed by atoms with E-state index < -0.39 is 45.8 Å². The topological polar surface area (TPSA) is 220 Å². The van der Waals surface area contributed by atoms with Crippen LogP contribution in [-0.4, -0.2) is 63.3 Å². The molecule has 2 N–H and O–H groups in total. The highest BCUT2D eigenvalue weighted by Gasteiger charge is 2.43. The van der Waals surface area contributed by atoms with E-state index in [0.29, 0.717) is 41.1 Å². The Kier molecular flexibility index (Phi) is 14.6. The lowest BCUT2D eigenvalue weighted by Gasteiger charge is -2.36. The second-order valence-corrected chi connectivity index (χ2v) is 18.4. The molecule has 0 atom stereocenters. The van der Waals surface area contributed by atoms with Crippen LogP contribution in [0.15, 0.2) is 77.7 Å². The van der Waals surface area contributed by atoms with E-state index in [2.05, 4.69) is 10.6 Å². The summed E-state index contributed by atoms with van der Waals surface area (Å²) in [4.78, 5) is 52.6. The minimum atomic E-state index is -4.51. The maximum absolute atomic E-state index is 14.4. The van der Waals surface area contributed by atoms with Gasteiger partial charge in [-0.2, -0.15) is 20.1 Å². The second kappa shape index (κ2) is 20.0. The number of nitriles is 3. The van der Waals surface area contributed by atoms with E-state index >= 15 is 0 Å². The molecule has 2 amide bonds. The quantitative estimate of drug-likeness (QED) is 0.112. The van der Waals surface area contributed by atoms with E-state index in [-0.39, 0.29) is 35.2 Å². The fourth-order valence-electron chi connectivity index (χ4n) is 7.96. The fraction of sp³-hybridized carbons (Fsp3) is 0.370. The van der Waals surface area contributed by atoms with Gasteiger partial charge < -0.3 is 20.1 Å². The second-order valence-electron chi connectivity index (χ2n) is 15.4. The predicted molar refractivity (Wildman–Crippen MR) is 230 cm³/mol. The summed E-state index contributed by atoms with van der Waals surface area (Å²) in [6, 6.07) is 24.5. The Morgan fingerprint density at radius 3 is 2.03 bits per heavy atom. The van der Waals surface area contributed by atoms with Crippen molar-refractivity contribution in [1.82, 2.24) is 4.31 Å². The number of nitrogens with one attached hydrogen (secondary N) is 2. The molecule has 1 aromatic heterocycles. The van der Waals surface area contributed by atoms with Crippen molar-refractivity contribution >= 4 is 55.8 Å². The highest BCUT2D eigenvalue weighted by atomic mass is 32.2. The molecule has 1 heterocycles. The van der Waals surface area contributed by atoms with Gasteiger partial charge >= 0.3 is 11.9 Å². The molecule has 62 heavy (non-hydrogen) atoms. The zero-order valence-electron chi connectivity index (χ0n) is 34.4. The summed E-state index contributed by atoms with van der Waals surface area (Å²) in [5.41, 5.74) is 2.20. The standard InChI is InChI=1S/C46H46N6O8S2/c1-59-44(55)32-17-13-30(14-18-32)7-5-8-31-15-21-35(22-16-31)50-42(54)40-38-11-3-4-12-39(38)61-43(40)51-41(53)34-9-6-10-37(25-34)62(57,58)52(29-46(26-47,27-48)28-49)36-23-19-33(20-24-36)45(56)60-2/h6,9-10,13-18,21-22,25,33,36H,3-5,7-8,11-12,19-20,23-24,29H2,1-2H3,(H,50,54)(H,51,53). The van der Waals surface area contributed by atoms with E-state index in [1.54, 1.807) is 30.3 Å². The number of fused-ring (bicyclic) bond motifs is 1. The van der Waals surface area contributed by atoms with Gasteiger partial charge in [-0.1, -0.05) is 30.3 Å². The Hall–Kier alpha value is -6.38. The van der Waals surface area contributed by atoms with Crippen molar-refractivity contribution in [2.24, 2.45) is 11.3 Å². The van der Waals surface area contributed by atoms with Crippen LogP contribution in [0.25, 0.3) is 0 Å². The van der Waals surface area contributed by atoms with Crippen molar-refractivity contribution < 1.29 is 37.1 Å². The van der Waals surface area contributed by atoms with Crippen LogP contribution in [-0.2, 0) is 50.0 Å². The lowest BCUT2D eigenvalue weighted by atomic mass is 9.85. The molecule has 3 aromatic carbocycles. The summed E-state index contributed by atoms with van der Waals surface area (Å²) >= 11 is 1.32. The number of hydrogen-bond acceptors (Lipinski definition) is 12. The number of carbonyl (C=O) groups is 4. The van der Waals surface area contributed by atoms with Crippen molar-refractivity contribution in [1.29, 1.82) is 15.8 Å². The van der Waals surface area contributed by atoms with Gasteiger partial charge in [0.05, 0.1) is 42.7 Å². The van der Waals surface area contributed by atoms with Gasteiger partial charge in [-0.25, -0.2) is 13.2 Å². The van der Waals surface area contributed by atoms with Gasteiger partial charge in [0.15, 0.2) is 0 Å². The van der Waals surface area contributed by atoms with Crippen molar-refractivity contribution in [3.63, 3.8) is 0 Å². The molecule has 0 saturated heterocycles. The minimum absolute atomic E-state index is 0.0148. The molecule has 0 aliphatic heterocycles. The van der Waals surface area contributed by atoms with Gasteiger partial charge in [-0.3, -0.25) is 14.4 Å². The van der Waals surface area contributed by atoms with Gasteiger partial charge in [-0.15, -0.1) is 11.3 Å². The Balaban J connectivity index is 1.17. The minimum Gasteiger partial charge on any atom is -0.469 e. The Morgan fingerprint density at radius 2 is 1.42 bits per heavy atom. The lowest BCUT2D eigenvalue weighted by Crippen LogP contribution is -2.47. The van der Waals surface area contributed by atoms with Crippen LogP contribution in [0.2, 0.25) is 0 Å². The van der Waals surface area contributed by atoms with Crippen molar-refractivity contribution in [2.45, 2.75) is 81.6 Å². The first-order valence-electron chi connectivity index (χ1n) is 20.3.